The summed E-state index contributed by atoms with van der Waals surface area (Å²) in [4.78, 5) is 24.3. The highest BCUT2D eigenvalue weighted by Gasteiger charge is 2.17. The fraction of sp³-hybridized carbons (Fsp3) is 0.214. The molecule has 108 valence electrons. The molecule has 0 saturated carbocycles. The second kappa shape index (κ2) is 5.92. The fourth-order valence-electron chi connectivity index (χ4n) is 1.93. The van der Waals surface area contributed by atoms with E-state index in [-0.39, 0.29) is 5.91 Å². The van der Waals surface area contributed by atoms with E-state index in [2.05, 4.69) is 20.3 Å². The molecule has 0 radical (unpaired) electrons. The van der Waals surface area contributed by atoms with Crippen LogP contribution in [-0.4, -0.2) is 27.4 Å². The Balaban J connectivity index is 1.64. The number of nitrogens with zero attached hydrogens (tertiary/aromatic N) is 2. The van der Waals surface area contributed by atoms with E-state index >= 15 is 0 Å². The summed E-state index contributed by atoms with van der Waals surface area (Å²) in [5.74, 6) is 0.515. The molecule has 3 rings (SSSR count). The van der Waals surface area contributed by atoms with Crippen LogP contribution in [0.2, 0.25) is 0 Å². The molecule has 0 bridgehead atoms. The highest BCUT2D eigenvalue weighted by atomic mass is 32.1. The molecule has 0 unspecified atom stereocenters. The van der Waals surface area contributed by atoms with E-state index in [1.54, 1.807) is 24.9 Å². The van der Waals surface area contributed by atoms with Gasteiger partial charge in [0.25, 0.3) is 5.91 Å². The minimum Gasteiger partial charge on any atom is -0.462 e. The Bertz CT molecular complexity index is 716. The number of hydrogen-bond donors (Lipinski definition) is 2. The lowest BCUT2D eigenvalue weighted by Gasteiger charge is -2.02. The van der Waals surface area contributed by atoms with E-state index < -0.39 is 0 Å². The van der Waals surface area contributed by atoms with Gasteiger partial charge in [0.1, 0.15) is 5.69 Å². The van der Waals surface area contributed by atoms with Crippen LogP contribution in [0.1, 0.15) is 21.1 Å². The number of carbonyl (C=O) groups excluding carboxylic acids is 1. The molecule has 0 fully saturated rings. The van der Waals surface area contributed by atoms with E-state index in [1.807, 2.05) is 13.0 Å². The van der Waals surface area contributed by atoms with Crippen molar-refractivity contribution in [2.75, 3.05) is 6.54 Å². The standard InChI is InChI=1S/C14H14N4O2S/c1-9-12(18-14(21-9)11-3-2-6-20-11)13(19)16-5-4-10-7-15-8-17-10/h2-3,6-8H,4-5H2,1H3,(H,15,17)(H,16,19). The highest BCUT2D eigenvalue weighted by molar-refractivity contribution is 7.15. The molecular formula is C14H14N4O2S. The van der Waals surface area contributed by atoms with Crippen molar-refractivity contribution < 1.29 is 9.21 Å². The maximum absolute atomic E-state index is 12.2. The number of rotatable bonds is 5. The van der Waals surface area contributed by atoms with Crippen molar-refractivity contribution in [1.29, 1.82) is 0 Å². The lowest BCUT2D eigenvalue weighted by Crippen LogP contribution is -2.26. The summed E-state index contributed by atoms with van der Waals surface area (Å²) < 4.78 is 5.30. The number of imidazole rings is 1. The van der Waals surface area contributed by atoms with E-state index in [0.29, 0.717) is 24.4 Å². The Hall–Kier alpha value is -2.41. The number of aromatic nitrogens is 3. The fourth-order valence-corrected chi connectivity index (χ4v) is 2.81. The SMILES string of the molecule is Cc1sc(-c2ccco2)nc1C(=O)NCCc1cnc[nH]1. The lowest BCUT2D eigenvalue weighted by molar-refractivity contribution is 0.0949. The van der Waals surface area contributed by atoms with Gasteiger partial charge in [-0.2, -0.15) is 0 Å². The van der Waals surface area contributed by atoms with Crippen molar-refractivity contribution in [2.24, 2.45) is 0 Å². The van der Waals surface area contributed by atoms with Gasteiger partial charge < -0.3 is 14.7 Å². The molecular weight excluding hydrogens is 288 g/mol. The number of thiazole rings is 1. The maximum Gasteiger partial charge on any atom is 0.271 e. The first-order valence-corrected chi connectivity index (χ1v) is 7.32. The average molecular weight is 302 g/mol. The van der Waals surface area contributed by atoms with Gasteiger partial charge in [-0.3, -0.25) is 4.79 Å². The third kappa shape index (κ3) is 3.03. The smallest absolute Gasteiger partial charge is 0.271 e. The molecule has 1 amide bonds. The van der Waals surface area contributed by atoms with Gasteiger partial charge in [0.05, 0.1) is 12.6 Å². The van der Waals surface area contributed by atoms with Crippen LogP contribution in [0.15, 0.2) is 35.3 Å². The van der Waals surface area contributed by atoms with Gasteiger partial charge in [-0.25, -0.2) is 9.97 Å². The predicted octanol–water partition coefficient (Wildman–Crippen LogP) is 2.41. The van der Waals surface area contributed by atoms with E-state index in [1.165, 1.54) is 11.3 Å². The van der Waals surface area contributed by atoms with Gasteiger partial charge in [-0.05, 0) is 19.1 Å². The molecule has 3 aromatic heterocycles. The number of furan rings is 1. The van der Waals surface area contributed by atoms with Crippen molar-refractivity contribution in [3.05, 3.63) is 47.2 Å². The van der Waals surface area contributed by atoms with Crippen LogP contribution in [0.4, 0.5) is 0 Å². The normalized spacial score (nSPS) is 10.7. The molecule has 2 N–H and O–H groups in total. The summed E-state index contributed by atoms with van der Waals surface area (Å²) in [6, 6.07) is 3.63. The molecule has 0 spiro atoms. The quantitative estimate of drug-likeness (QED) is 0.758. The van der Waals surface area contributed by atoms with Gasteiger partial charge in [-0.1, -0.05) is 0 Å². The summed E-state index contributed by atoms with van der Waals surface area (Å²) in [5, 5.41) is 3.58. The Morgan fingerprint density at radius 3 is 3.14 bits per heavy atom. The second-order valence-electron chi connectivity index (χ2n) is 4.48. The average Bonchev–Trinajstić information content (AvgIpc) is 3.19. The van der Waals surface area contributed by atoms with Crippen molar-refractivity contribution in [3.8, 4) is 10.8 Å². The molecule has 0 aliphatic rings. The number of carbonyl (C=O) groups is 1. The Kier molecular flexibility index (Phi) is 3.83. The minimum absolute atomic E-state index is 0.166. The minimum atomic E-state index is -0.166. The van der Waals surface area contributed by atoms with Gasteiger partial charge in [0, 0.05) is 29.7 Å². The van der Waals surface area contributed by atoms with E-state index in [4.69, 9.17) is 4.42 Å². The Labute approximate surface area is 125 Å². The summed E-state index contributed by atoms with van der Waals surface area (Å²) in [6.45, 7) is 2.42. The number of aryl methyl sites for hydroxylation is 1. The first-order valence-electron chi connectivity index (χ1n) is 6.51. The molecule has 0 aromatic carbocycles. The molecule has 0 saturated heterocycles. The summed E-state index contributed by atoms with van der Waals surface area (Å²) in [5.41, 5.74) is 1.44. The number of nitrogens with one attached hydrogen (secondary N) is 2. The predicted molar refractivity (Wildman–Crippen MR) is 79.2 cm³/mol. The van der Waals surface area contributed by atoms with Crippen molar-refractivity contribution in [2.45, 2.75) is 13.3 Å². The Morgan fingerprint density at radius 1 is 1.52 bits per heavy atom. The summed E-state index contributed by atoms with van der Waals surface area (Å²) in [6.07, 6.45) is 5.67. The third-order valence-corrected chi connectivity index (χ3v) is 3.96. The van der Waals surface area contributed by atoms with E-state index in [9.17, 15) is 4.79 Å². The number of aromatic amines is 1. The molecule has 3 heterocycles. The first kappa shape index (κ1) is 13.6. The first-order chi connectivity index (χ1) is 10.2. The molecule has 7 heteroatoms. The van der Waals surface area contributed by atoms with Crippen LogP contribution in [-0.2, 0) is 6.42 Å². The highest BCUT2D eigenvalue weighted by Crippen LogP contribution is 2.27. The van der Waals surface area contributed by atoms with Crippen LogP contribution in [0.25, 0.3) is 10.8 Å². The largest absolute Gasteiger partial charge is 0.462 e. The van der Waals surface area contributed by atoms with Crippen LogP contribution in [0.5, 0.6) is 0 Å². The van der Waals surface area contributed by atoms with Crippen LogP contribution >= 0.6 is 11.3 Å². The lowest BCUT2D eigenvalue weighted by atomic mass is 10.3. The van der Waals surface area contributed by atoms with Crippen LogP contribution in [0.3, 0.4) is 0 Å². The van der Waals surface area contributed by atoms with Gasteiger partial charge in [0.2, 0.25) is 0 Å². The zero-order chi connectivity index (χ0) is 14.7. The van der Waals surface area contributed by atoms with Gasteiger partial charge >= 0.3 is 0 Å². The zero-order valence-corrected chi connectivity index (χ0v) is 12.2. The number of hydrogen-bond acceptors (Lipinski definition) is 5. The third-order valence-electron chi connectivity index (χ3n) is 2.98. The monoisotopic (exact) mass is 302 g/mol. The van der Waals surface area contributed by atoms with Crippen LogP contribution < -0.4 is 5.32 Å². The maximum atomic E-state index is 12.2. The zero-order valence-electron chi connectivity index (χ0n) is 11.4. The number of H-pyrrole nitrogens is 1. The van der Waals surface area contributed by atoms with Gasteiger partial charge in [0.15, 0.2) is 10.8 Å². The second-order valence-corrected chi connectivity index (χ2v) is 5.69. The molecule has 0 aliphatic carbocycles. The molecule has 21 heavy (non-hydrogen) atoms. The van der Waals surface area contributed by atoms with E-state index in [0.717, 1.165) is 15.6 Å². The van der Waals surface area contributed by atoms with Crippen molar-refractivity contribution in [1.82, 2.24) is 20.3 Å². The molecule has 3 aromatic rings. The van der Waals surface area contributed by atoms with Crippen LogP contribution in [0, 0.1) is 6.92 Å². The van der Waals surface area contributed by atoms with Gasteiger partial charge in [-0.15, -0.1) is 11.3 Å². The molecule has 0 atom stereocenters. The van der Waals surface area contributed by atoms with Crippen molar-refractivity contribution in [3.63, 3.8) is 0 Å². The number of amides is 1. The topological polar surface area (TPSA) is 83.8 Å². The summed E-state index contributed by atoms with van der Waals surface area (Å²) in [7, 11) is 0. The molecule has 6 nitrogen and oxygen atoms in total. The van der Waals surface area contributed by atoms with Crippen molar-refractivity contribution >= 4 is 17.2 Å². The Morgan fingerprint density at radius 2 is 2.43 bits per heavy atom. The summed E-state index contributed by atoms with van der Waals surface area (Å²) >= 11 is 1.45. The molecule has 0 aliphatic heterocycles.